The molecule has 0 spiro atoms. The van der Waals surface area contributed by atoms with E-state index in [1.54, 1.807) is 12.1 Å². The van der Waals surface area contributed by atoms with E-state index >= 15 is 0 Å². The third kappa shape index (κ3) is 4.95. The number of amides is 3. The maximum atomic E-state index is 11.8. The second-order valence-electron chi connectivity index (χ2n) is 4.91. The first-order valence-electron chi connectivity index (χ1n) is 7.32. The summed E-state index contributed by atoms with van der Waals surface area (Å²) in [4.78, 5) is 46.0. The van der Waals surface area contributed by atoms with Crippen molar-refractivity contribution in [2.45, 2.75) is 19.8 Å². The number of rotatable bonds is 6. The first-order chi connectivity index (χ1) is 11.5. The van der Waals surface area contributed by atoms with E-state index in [1.165, 1.54) is 12.1 Å². The monoisotopic (exact) mass is 348 g/mol. The van der Waals surface area contributed by atoms with Crippen molar-refractivity contribution < 1.29 is 23.9 Å². The molecule has 24 heavy (non-hydrogen) atoms. The summed E-state index contributed by atoms with van der Waals surface area (Å²) in [5.74, 6) is -1.55. The Morgan fingerprint density at radius 1 is 1.25 bits per heavy atom. The number of ether oxygens (including phenoxy) is 1. The molecule has 0 unspecified atom stereocenters. The molecular weight excluding hydrogens is 332 g/mol. The average molecular weight is 348 g/mol. The maximum absolute atomic E-state index is 11.8. The van der Waals surface area contributed by atoms with Gasteiger partial charge in [-0.25, -0.2) is 4.79 Å². The number of benzene rings is 1. The lowest BCUT2D eigenvalue weighted by molar-refractivity contribution is -0.116. The van der Waals surface area contributed by atoms with Crippen LogP contribution in [-0.4, -0.2) is 29.6 Å². The summed E-state index contributed by atoms with van der Waals surface area (Å²) in [6, 6.07) is 6.19. The molecule has 0 saturated carbocycles. The van der Waals surface area contributed by atoms with Crippen LogP contribution in [0.4, 0.5) is 10.5 Å². The van der Waals surface area contributed by atoms with Gasteiger partial charge in [0.1, 0.15) is 0 Å². The van der Waals surface area contributed by atoms with Crippen molar-refractivity contribution in [1.82, 2.24) is 5.32 Å². The zero-order valence-corrected chi connectivity index (χ0v) is 13.8. The van der Waals surface area contributed by atoms with Crippen LogP contribution < -0.4 is 10.6 Å². The zero-order valence-electron chi connectivity index (χ0n) is 13.0. The predicted molar refractivity (Wildman–Crippen MR) is 89.5 cm³/mol. The Labute approximate surface area is 142 Å². The van der Waals surface area contributed by atoms with E-state index < -0.39 is 23.0 Å². The van der Waals surface area contributed by atoms with Crippen LogP contribution in [-0.2, 0) is 14.3 Å². The van der Waals surface area contributed by atoms with Crippen molar-refractivity contribution >= 4 is 40.5 Å². The first-order valence-corrected chi connectivity index (χ1v) is 8.14. The molecule has 1 aromatic carbocycles. The second-order valence-corrected chi connectivity index (χ2v) is 5.92. The third-order valence-corrected chi connectivity index (χ3v) is 3.83. The fraction of sp³-hybridized carbons (Fsp3) is 0.250. The summed E-state index contributed by atoms with van der Waals surface area (Å²) >= 11 is 0.668. The molecule has 0 bridgehead atoms. The molecule has 7 nitrogen and oxygen atoms in total. The Morgan fingerprint density at radius 3 is 2.54 bits per heavy atom. The van der Waals surface area contributed by atoms with Crippen molar-refractivity contribution in [2.24, 2.45) is 0 Å². The van der Waals surface area contributed by atoms with Crippen LogP contribution in [0.3, 0.4) is 0 Å². The van der Waals surface area contributed by atoms with Gasteiger partial charge in [-0.3, -0.25) is 19.7 Å². The Bertz CT molecular complexity index is 697. The summed E-state index contributed by atoms with van der Waals surface area (Å²) in [6.07, 6.45) is 2.80. The second kappa shape index (κ2) is 8.30. The number of hydrogen-bond acceptors (Lipinski definition) is 6. The Balaban J connectivity index is 1.93. The third-order valence-electron chi connectivity index (χ3n) is 3.02. The number of imide groups is 1. The fourth-order valence-electron chi connectivity index (χ4n) is 1.80. The van der Waals surface area contributed by atoms with E-state index in [-0.39, 0.29) is 4.91 Å². The van der Waals surface area contributed by atoms with E-state index in [9.17, 15) is 19.2 Å². The van der Waals surface area contributed by atoms with Gasteiger partial charge >= 0.3 is 5.97 Å². The van der Waals surface area contributed by atoms with Crippen molar-refractivity contribution in [1.29, 1.82) is 0 Å². The molecule has 8 heteroatoms. The van der Waals surface area contributed by atoms with Gasteiger partial charge in [0.2, 0.25) is 5.91 Å². The highest BCUT2D eigenvalue weighted by Gasteiger charge is 2.25. The van der Waals surface area contributed by atoms with E-state index in [0.29, 0.717) is 29.6 Å². The number of nitrogens with one attached hydrogen (secondary N) is 2. The molecule has 1 aliphatic heterocycles. The summed E-state index contributed by atoms with van der Waals surface area (Å²) in [5.41, 5.74) is 0.843. The van der Waals surface area contributed by atoms with Gasteiger partial charge in [0.05, 0.1) is 17.1 Å². The number of carbonyl (C=O) groups excluding carboxylic acids is 4. The maximum Gasteiger partial charge on any atom is 0.338 e. The molecule has 1 aromatic rings. The SMILES string of the molecule is CCCCOC(=O)c1ccc(NC(=O)/C=C2\SC(=O)NC2=O)cc1. The first kappa shape index (κ1) is 17.7. The van der Waals surface area contributed by atoms with Gasteiger partial charge in [0, 0.05) is 11.8 Å². The zero-order chi connectivity index (χ0) is 17.5. The molecule has 1 saturated heterocycles. The van der Waals surface area contributed by atoms with E-state index in [2.05, 4.69) is 10.6 Å². The Hall–Kier alpha value is -2.61. The van der Waals surface area contributed by atoms with Crippen LogP contribution in [0.5, 0.6) is 0 Å². The average Bonchev–Trinajstić information content (AvgIpc) is 2.85. The Morgan fingerprint density at radius 2 is 1.96 bits per heavy atom. The number of esters is 1. The van der Waals surface area contributed by atoms with Gasteiger partial charge in [-0.15, -0.1) is 0 Å². The van der Waals surface area contributed by atoms with Gasteiger partial charge in [0.25, 0.3) is 11.1 Å². The number of thioether (sulfide) groups is 1. The van der Waals surface area contributed by atoms with Gasteiger partial charge in [-0.05, 0) is 42.4 Å². The summed E-state index contributed by atoms with van der Waals surface area (Å²) in [5, 5.41) is 4.10. The number of unbranched alkanes of at least 4 members (excludes halogenated alkanes) is 1. The molecule has 1 aliphatic rings. The molecule has 1 fully saturated rings. The van der Waals surface area contributed by atoms with Crippen LogP contribution in [0.1, 0.15) is 30.1 Å². The highest BCUT2D eigenvalue weighted by atomic mass is 32.2. The highest BCUT2D eigenvalue weighted by Crippen LogP contribution is 2.22. The minimum atomic E-state index is -0.592. The fourth-order valence-corrected chi connectivity index (χ4v) is 2.45. The normalized spacial score (nSPS) is 15.3. The largest absolute Gasteiger partial charge is 0.462 e. The van der Waals surface area contributed by atoms with E-state index in [0.717, 1.165) is 18.9 Å². The van der Waals surface area contributed by atoms with Gasteiger partial charge in [-0.1, -0.05) is 13.3 Å². The van der Waals surface area contributed by atoms with E-state index in [4.69, 9.17) is 4.74 Å². The quantitative estimate of drug-likeness (QED) is 0.465. The minimum absolute atomic E-state index is 0.0358. The van der Waals surface area contributed by atoms with Crippen molar-refractivity contribution in [3.63, 3.8) is 0 Å². The molecule has 2 N–H and O–H groups in total. The van der Waals surface area contributed by atoms with Crippen LogP contribution in [0.25, 0.3) is 0 Å². The van der Waals surface area contributed by atoms with Crippen molar-refractivity contribution in [3.05, 3.63) is 40.8 Å². The molecule has 0 aromatic heterocycles. The van der Waals surface area contributed by atoms with Gasteiger partial charge < -0.3 is 10.1 Å². The van der Waals surface area contributed by atoms with E-state index in [1.807, 2.05) is 6.92 Å². The molecule has 2 rings (SSSR count). The molecule has 126 valence electrons. The Kier molecular flexibility index (Phi) is 6.14. The molecule has 3 amide bonds. The topological polar surface area (TPSA) is 102 Å². The summed E-state index contributed by atoms with van der Waals surface area (Å²) < 4.78 is 5.09. The number of carbonyl (C=O) groups is 4. The standard InChI is InChI=1S/C16H16N2O5S/c1-2-3-8-23-15(21)10-4-6-11(7-5-10)17-13(19)9-12-14(20)18-16(22)24-12/h4-7,9H,2-3,8H2,1H3,(H,17,19)(H,18,20,22)/b12-9-. The number of anilines is 1. The molecule has 0 atom stereocenters. The van der Waals surface area contributed by atoms with Crippen LogP contribution in [0, 0.1) is 0 Å². The smallest absolute Gasteiger partial charge is 0.338 e. The van der Waals surface area contributed by atoms with Crippen molar-refractivity contribution in [2.75, 3.05) is 11.9 Å². The van der Waals surface area contributed by atoms with Crippen LogP contribution >= 0.6 is 11.8 Å². The van der Waals surface area contributed by atoms with Crippen LogP contribution in [0.15, 0.2) is 35.2 Å². The lowest BCUT2D eigenvalue weighted by Crippen LogP contribution is -2.18. The molecular formula is C16H16N2O5S. The molecule has 0 radical (unpaired) electrons. The highest BCUT2D eigenvalue weighted by molar-refractivity contribution is 8.18. The predicted octanol–water partition coefficient (Wildman–Crippen LogP) is 2.45. The molecule has 0 aliphatic carbocycles. The lowest BCUT2D eigenvalue weighted by Gasteiger charge is -2.06. The number of hydrogen-bond donors (Lipinski definition) is 2. The lowest BCUT2D eigenvalue weighted by atomic mass is 10.2. The summed E-state index contributed by atoms with van der Waals surface area (Å²) in [6.45, 7) is 2.38. The van der Waals surface area contributed by atoms with Crippen molar-refractivity contribution in [3.8, 4) is 0 Å². The summed E-state index contributed by atoms with van der Waals surface area (Å²) in [7, 11) is 0. The van der Waals surface area contributed by atoms with Crippen LogP contribution in [0.2, 0.25) is 0 Å². The molecule has 1 heterocycles. The van der Waals surface area contributed by atoms with Gasteiger partial charge in [-0.2, -0.15) is 0 Å². The minimum Gasteiger partial charge on any atom is -0.462 e. The van der Waals surface area contributed by atoms with Gasteiger partial charge in [0.15, 0.2) is 0 Å².